The fourth-order valence-electron chi connectivity index (χ4n) is 3.13. The number of hydrogen-bond donors (Lipinski definition) is 0. The lowest BCUT2D eigenvalue weighted by atomic mass is 10.0. The average Bonchev–Trinajstić information content (AvgIpc) is 2.92. The van der Waals surface area contributed by atoms with E-state index in [9.17, 15) is 10.1 Å². The minimum Gasteiger partial charge on any atom is -0.300 e. The van der Waals surface area contributed by atoms with Crippen molar-refractivity contribution in [2.24, 2.45) is 0 Å². The number of rotatable bonds is 1. The zero-order valence-corrected chi connectivity index (χ0v) is 13.7. The monoisotopic (exact) mass is 318 g/mol. The van der Waals surface area contributed by atoms with Gasteiger partial charge in [0.1, 0.15) is 6.07 Å². The van der Waals surface area contributed by atoms with Crippen LogP contribution in [0.5, 0.6) is 0 Å². The Bertz CT molecular complexity index is 1010. The quantitative estimate of drug-likeness (QED) is 0.668. The number of aromatic nitrogens is 1. The molecule has 112 valence electrons. The van der Waals surface area contributed by atoms with Crippen molar-refractivity contribution in [1.29, 1.82) is 5.26 Å². The maximum atomic E-state index is 12.6. The van der Waals surface area contributed by atoms with E-state index >= 15 is 0 Å². The molecule has 0 saturated carbocycles. The molecule has 0 amide bonds. The van der Waals surface area contributed by atoms with Crippen LogP contribution in [0.2, 0.25) is 0 Å². The van der Waals surface area contributed by atoms with Gasteiger partial charge in [-0.15, -0.1) is 0 Å². The van der Waals surface area contributed by atoms with E-state index in [-0.39, 0.29) is 5.78 Å². The molecule has 4 heteroatoms. The normalized spacial score (nSPS) is 13.3. The Hall–Kier alpha value is -2.51. The second-order valence-electron chi connectivity index (χ2n) is 5.86. The molecular weight excluding hydrogens is 304 g/mol. The molecular formula is C19H14N2OS. The number of benzene rings is 1. The third-order valence-electron chi connectivity index (χ3n) is 4.28. The van der Waals surface area contributed by atoms with Crippen molar-refractivity contribution in [3.8, 4) is 17.2 Å². The lowest BCUT2D eigenvalue weighted by Crippen LogP contribution is -2.15. The Kier molecular flexibility index (Phi) is 3.07. The Morgan fingerprint density at radius 1 is 1.17 bits per heavy atom. The van der Waals surface area contributed by atoms with Crippen LogP contribution in [-0.4, -0.2) is 15.9 Å². The first kappa shape index (κ1) is 14.1. The second-order valence-corrected chi connectivity index (χ2v) is 6.83. The van der Waals surface area contributed by atoms with Crippen LogP contribution in [0, 0.1) is 25.2 Å². The van der Waals surface area contributed by atoms with Crippen molar-refractivity contribution in [1.82, 2.24) is 4.40 Å². The summed E-state index contributed by atoms with van der Waals surface area (Å²) in [4.78, 5) is 12.6. The van der Waals surface area contributed by atoms with Gasteiger partial charge in [0.15, 0.2) is 5.78 Å². The summed E-state index contributed by atoms with van der Waals surface area (Å²) in [5.41, 5.74) is 6.48. The van der Waals surface area contributed by atoms with E-state index in [0.29, 0.717) is 17.0 Å². The first-order valence-electron chi connectivity index (χ1n) is 7.42. The van der Waals surface area contributed by atoms with Crippen molar-refractivity contribution in [3.63, 3.8) is 0 Å². The number of nitriles is 1. The molecule has 0 radical (unpaired) electrons. The number of carbonyl (C=O) groups is 1. The first-order valence-corrected chi connectivity index (χ1v) is 8.41. The molecule has 1 aliphatic rings. The fourth-order valence-corrected chi connectivity index (χ4v) is 4.21. The van der Waals surface area contributed by atoms with Crippen LogP contribution in [0.25, 0.3) is 16.6 Å². The highest BCUT2D eigenvalue weighted by Crippen LogP contribution is 2.38. The fraction of sp³-hybridized carbons (Fsp3) is 0.158. The van der Waals surface area contributed by atoms with E-state index in [1.165, 1.54) is 17.3 Å². The average molecular weight is 318 g/mol. The molecule has 4 rings (SSSR count). The Morgan fingerprint density at radius 3 is 2.61 bits per heavy atom. The SMILES string of the molecule is Cc1ccc(-c2cc3cc(C)c(C#N)c4n3c2C(=O)CS4)cc1. The molecule has 0 atom stereocenters. The van der Waals surface area contributed by atoms with E-state index in [2.05, 4.69) is 24.3 Å². The number of Topliss-reactive ketones (excluding diaryl/α,β-unsaturated/α-hetero) is 1. The summed E-state index contributed by atoms with van der Waals surface area (Å²) in [6.07, 6.45) is 0. The third kappa shape index (κ3) is 2.01. The summed E-state index contributed by atoms with van der Waals surface area (Å²) in [7, 11) is 0. The number of hydrogen-bond acceptors (Lipinski definition) is 3. The summed E-state index contributed by atoms with van der Waals surface area (Å²) in [5.74, 6) is 0.502. The van der Waals surface area contributed by atoms with Crippen LogP contribution in [0.4, 0.5) is 0 Å². The van der Waals surface area contributed by atoms with Crippen molar-refractivity contribution < 1.29 is 4.79 Å². The van der Waals surface area contributed by atoms with Crippen LogP contribution < -0.4 is 0 Å². The van der Waals surface area contributed by atoms with Gasteiger partial charge in [-0.2, -0.15) is 5.26 Å². The van der Waals surface area contributed by atoms with Gasteiger partial charge >= 0.3 is 0 Å². The summed E-state index contributed by atoms with van der Waals surface area (Å²) in [6, 6.07) is 14.5. The van der Waals surface area contributed by atoms with E-state index in [0.717, 1.165) is 27.2 Å². The molecule has 23 heavy (non-hydrogen) atoms. The molecule has 0 bridgehead atoms. The van der Waals surface area contributed by atoms with E-state index in [1.54, 1.807) is 0 Å². The van der Waals surface area contributed by atoms with Crippen LogP contribution >= 0.6 is 11.8 Å². The Balaban J connectivity index is 2.11. The maximum Gasteiger partial charge on any atom is 0.190 e. The molecule has 0 unspecified atom stereocenters. The van der Waals surface area contributed by atoms with Crippen LogP contribution in [0.1, 0.15) is 27.2 Å². The molecule has 0 N–H and O–H groups in total. The van der Waals surface area contributed by atoms with Gasteiger partial charge in [0.2, 0.25) is 0 Å². The predicted molar refractivity (Wildman–Crippen MR) is 92.1 cm³/mol. The maximum absolute atomic E-state index is 12.6. The molecule has 1 aliphatic heterocycles. The number of thioether (sulfide) groups is 1. The summed E-state index contributed by atoms with van der Waals surface area (Å²) < 4.78 is 1.96. The minimum absolute atomic E-state index is 0.116. The van der Waals surface area contributed by atoms with Gasteiger partial charge < -0.3 is 0 Å². The van der Waals surface area contributed by atoms with Gasteiger partial charge in [-0.1, -0.05) is 41.6 Å². The third-order valence-corrected chi connectivity index (χ3v) is 5.35. The topological polar surface area (TPSA) is 45.3 Å². The second kappa shape index (κ2) is 5.00. The van der Waals surface area contributed by atoms with Crippen molar-refractivity contribution in [3.05, 3.63) is 58.8 Å². The summed E-state index contributed by atoms with van der Waals surface area (Å²) >= 11 is 1.46. The van der Waals surface area contributed by atoms with E-state index in [1.807, 2.05) is 36.4 Å². The number of aryl methyl sites for hydroxylation is 2. The summed E-state index contributed by atoms with van der Waals surface area (Å²) in [5, 5.41) is 10.3. The molecule has 0 fully saturated rings. The zero-order chi connectivity index (χ0) is 16.1. The van der Waals surface area contributed by atoms with Crippen LogP contribution in [0.3, 0.4) is 0 Å². The van der Waals surface area contributed by atoms with Crippen molar-refractivity contribution in [2.75, 3.05) is 5.75 Å². The largest absolute Gasteiger partial charge is 0.300 e. The van der Waals surface area contributed by atoms with Crippen LogP contribution in [0.15, 0.2) is 41.4 Å². The van der Waals surface area contributed by atoms with Gasteiger partial charge in [0, 0.05) is 11.1 Å². The van der Waals surface area contributed by atoms with Crippen molar-refractivity contribution in [2.45, 2.75) is 18.9 Å². The molecule has 0 saturated heterocycles. The van der Waals surface area contributed by atoms with Crippen molar-refractivity contribution >= 4 is 23.1 Å². The minimum atomic E-state index is 0.116. The highest BCUT2D eigenvalue weighted by Gasteiger charge is 2.27. The highest BCUT2D eigenvalue weighted by atomic mass is 32.2. The molecule has 1 aromatic carbocycles. The van der Waals surface area contributed by atoms with Gasteiger partial charge in [-0.05, 0) is 37.1 Å². The van der Waals surface area contributed by atoms with Gasteiger partial charge in [-0.25, -0.2) is 0 Å². The first-order chi connectivity index (χ1) is 11.1. The number of nitrogens with zero attached hydrogens (tertiary/aromatic N) is 2. The van der Waals surface area contributed by atoms with Crippen LogP contribution in [-0.2, 0) is 0 Å². The number of ketones is 1. The lowest BCUT2D eigenvalue weighted by molar-refractivity contribution is 0.101. The predicted octanol–water partition coefficient (Wildman–Crippen LogP) is 4.38. The Morgan fingerprint density at radius 2 is 1.91 bits per heavy atom. The molecule has 3 aromatic rings. The van der Waals surface area contributed by atoms with E-state index in [4.69, 9.17) is 0 Å². The highest BCUT2D eigenvalue weighted by molar-refractivity contribution is 8.00. The molecule has 0 spiro atoms. The molecule has 3 heterocycles. The lowest BCUT2D eigenvalue weighted by Gasteiger charge is -2.17. The summed E-state index contributed by atoms with van der Waals surface area (Å²) in [6.45, 7) is 4.00. The zero-order valence-electron chi connectivity index (χ0n) is 12.9. The number of pyridine rings is 1. The molecule has 3 nitrogen and oxygen atoms in total. The Labute approximate surface area is 138 Å². The standard InChI is InChI=1S/C19H14N2OS/c1-11-3-5-13(6-4-11)15-8-14-7-12(2)16(9-20)19-21(14)18(15)17(22)10-23-19/h3-8H,10H2,1-2H3. The molecule has 0 aliphatic carbocycles. The van der Waals surface area contributed by atoms with Gasteiger partial charge in [0.05, 0.1) is 22.0 Å². The smallest absolute Gasteiger partial charge is 0.190 e. The van der Waals surface area contributed by atoms with Gasteiger partial charge in [-0.3, -0.25) is 9.20 Å². The number of carbonyl (C=O) groups excluding carboxylic acids is 1. The van der Waals surface area contributed by atoms with Gasteiger partial charge in [0.25, 0.3) is 0 Å². The van der Waals surface area contributed by atoms with E-state index < -0.39 is 0 Å². The molecule has 2 aromatic heterocycles.